The highest BCUT2D eigenvalue weighted by molar-refractivity contribution is 5.73. The number of aliphatic hydroxyl groups excluding tert-OH is 1. The number of hydrogen-bond donors (Lipinski definition) is 2. The van der Waals surface area contributed by atoms with Crippen LogP contribution < -0.4 is 10.1 Å². The van der Waals surface area contributed by atoms with Gasteiger partial charge in [0, 0.05) is 24.6 Å². The molecule has 4 rings (SSSR count). The number of aliphatic hydroxyl groups is 1. The lowest BCUT2D eigenvalue weighted by atomic mass is 9.95. The first-order valence-electron chi connectivity index (χ1n) is 9.76. The van der Waals surface area contributed by atoms with E-state index in [1.54, 1.807) is 0 Å². The van der Waals surface area contributed by atoms with Gasteiger partial charge in [-0.05, 0) is 12.1 Å². The number of nitro benzene ring substituents is 1. The predicted octanol–water partition coefficient (Wildman–Crippen LogP) is 1.68. The van der Waals surface area contributed by atoms with Crippen LogP contribution in [-0.2, 0) is 19.0 Å². The molecule has 10 heteroatoms. The van der Waals surface area contributed by atoms with Crippen LogP contribution in [0.5, 0.6) is 5.75 Å². The Hall–Kier alpha value is -3.05. The monoisotopic (exact) mass is 430 g/mol. The molecule has 1 amide bonds. The van der Waals surface area contributed by atoms with Crippen LogP contribution in [0.2, 0.25) is 0 Å². The first-order valence-corrected chi connectivity index (χ1v) is 9.76. The van der Waals surface area contributed by atoms with Crippen LogP contribution in [0, 0.1) is 10.1 Å². The van der Waals surface area contributed by atoms with Gasteiger partial charge < -0.3 is 29.4 Å². The van der Waals surface area contributed by atoms with E-state index in [-0.39, 0.29) is 24.0 Å². The van der Waals surface area contributed by atoms with E-state index >= 15 is 0 Å². The molecule has 2 fully saturated rings. The molecule has 2 aliphatic rings. The second-order valence-electron chi connectivity index (χ2n) is 7.31. The van der Waals surface area contributed by atoms with Gasteiger partial charge in [-0.2, -0.15) is 0 Å². The maximum Gasteiger partial charge on any atom is 0.269 e. The highest BCUT2D eigenvalue weighted by atomic mass is 16.7. The number of fused-ring (bicyclic) bond motifs is 1. The molecule has 0 bridgehead atoms. The summed E-state index contributed by atoms with van der Waals surface area (Å²) in [6.45, 7) is 1.47. The summed E-state index contributed by atoms with van der Waals surface area (Å²) in [7, 11) is 0. The Morgan fingerprint density at radius 1 is 1.16 bits per heavy atom. The molecule has 6 unspecified atom stereocenters. The summed E-state index contributed by atoms with van der Waals surface area (Å²) in [6, 6.07) is 13.8. The lowest BCUT2D eigenvalue weighted by Crippen LogP contribution is -2.67. The standard InChI is InChI=1S/C21H22N2O8/c1-12(24)22-17-18(25)19-16(11-28-20(31-19)13-5-3-2-4-6-13)30-21(17)29-15-9-7-14(8-10-15)23(26)27/h2-10,16-21,25H,11H2,1H3,(H,22,24). The Bertz CT molecular complexity index is 923. The number of nitro groups is 1. The summed E-state index contributed by atoms with van der Waals surface area (Å²) < 4.78 is 23.5. The second-order valence-corrected chi connectivity index (χ2v) is 7.31. The average Bonchev–Trinajstić information content (AvgIpc) is 2.77. The number of rotatable bonds is 5. The number of benzene rings is 2. The molecular weight excluding hydrogens is 408 g/mol. The summed E-state index contributed by atoms with van der Waals surface area (Å²) >= 11 is 0. The summed E-state index contributed by atoms with van der Waals surface area (Å²) in [5, 5.41) is 24.5. The van der Waals surface area contributed by atoms with Crippen LogP contribution >= 0.6 is 0 Å². The average molecular weight is 430 g/mol. The fourth-order valence-corrected chi connectivity index (χ4v) is 3.64. The Labute approximate surface area is 177 Å². The van der Waals surface area contributed by atoms with Crippen LogP contribution in [0.15, 0.2) is 54.6 Å². The van der Waals surface area contributed by atoms with Crippen molar-refractivity contribution in [1.82, 2.24) is 5.32 Å². The minimum absolute atomic E-state index is 0.0866. The molecule has 6 atom stereocenters. The van der Waals surface area contributed by atoms with E-state index in [1.807, 2.05) is 30.3 Å². The van der Waals surface area contributed by atoms with Gasteiger partial charge in [0.1, 0.15) is 30.1 Å². The summed E-state index contributed by atoms with van der Waals surface area (Å²) in [4.78, 5) is 22.1. The predicted molar refractivity (Wildman–Crippen MR) is 106 cm³/mol. The van der Waals surface area contributed by atoms with Crippen molar-refractivity contribution in [2.75, 3.05) is 6.61 Å². The van der Waals surface area contributed by atoms with Gasteiger partial charge in [0.25, 0.3) is 5.69 Å². The van der Waals surface area contributed by atoms with Crippen molar-refractivity contribution in [2.45, 2.75) is 43.9 Å². The zero-order valence-corrected chi connectivity index (χ0v) is 16.6. The van der Waals surface area contributed by atoms with Gasteiger partial charge in [-0.25, -0.2) is 0 Å². The zero-order valence-electron chi connectivity index (χ0n) is 16.6. The van der Waals surface area contributed by atoms with E-state index in [0.717, 1.165) is 5.56 Å². The lowest BCUT2D eigenvalue weighted by Gasteiger charge is -2.47. The molecule has 10 nitrogen and oxygen atoms in total. The number of carbonyl (C=O) groups is 1. The summed E-state index contributed by atoms with van der Waals surface area (Å²) in [5.74, 6) is -0.0912. The van der Waals surface area contributed by atoms with E-state index in [0.29, 0.717) is 0 Å². The molecule has 0 aromatic heterocycles. The van der Waals surface area contributed by atoms with Crippen LogP contribution in [0.4, 0.5) is 5.69 Å². The van der Waals surface area contributed by atoms with Crippen molar-refractivity contribution in [1.29, 1.82) is 0 Å². The third-order valence-electron chi connectivity index (χ3n) is 5.11. The Morgan fingerprint density at radius 2 is 1.87 bits per heavy atom. The van der Waals surface area contributed by atoms with Gasteiger partial charge in [-0.15, -0.1) is 0 Å². The van der Waals surface area contributed by atoms with Crippen LogP contribution in [0.25, 0.3) is 0 Å². The lowest BCUT2D eigenvalue weighted by molar-refractivity contribution is -0.384. The largest absolute Gasteiger partial charge is 0.463 e. The van der Waals surface area contributed by atoms with Crippen molar-refractivity contribution in [3.8, 4) is 5.75 Å². The van der Waals surface area contributed by atoms with E-state index in [9.17, 15) is 20.0 Å². The first kappa shape index (κ1) is 21.2. The minimum Gasteiger partial charge on any atom is -0.463 e. The van der Waals surface area contributed by atoms with Gasteiger partial charge in [-0.1, -0.05) is 30.3 Å². The molecular formula is C21H22N2O8. The minimum atomic E-state index is -1.14. The van der Waals surface area contributed by atoms with E-state index in [1.165, 1.54) is 31.2 Å². The second kappa shape index (κ2) is 8.98. The fourth-order valence-electron chi connectivity index (χ4n) is 3.64. The smallest absolute Gasteiger partial charge is 0.269 e. The Morgan fingerprint density at radius 3 is 2.52 bits per heavy atom. The molecule has 2 heterocycles. The van der Waals surface area contributed by atoms with Crippen LogP contribution in [0.3, 0.4) is 0 Å². The molecule has 2 saturated heterocycles. The highest BCUT2D eigenvalue weighted by Gasteiger charge is 2.50. The third-order valence-corrected chi connectivity index (χ3v) is 5.11. The molecule has 2 N–H and O–H groups in total. The van der Waals surface area contributed by atoms with Gasteiger partial charge in [0.15, 0.2) is 6.29 Å². The molecule has 0 radical (unpaired) electrons. The van der Waals surface area contributed by atoms with Gasteiger partial charge in [0.05, 0.1) is 11.5 Å². The highest BCUT2D eigenvalue weighted by Crippen LogP contribution is 2.35. The molecule has 0 spiro atoms. The normalized spacial score (nSPS) is 30.1. The number of ether oxygens (including phenoxy) is 4. The molecule has 0 aliphatic carbocycles. The van der Waals surface area contributed by atoms with Crippen LogP contribution in [0.1, 0.15) is 18.8 Å². The zero-order chi connectivity index (χ0) is 22.0. The molecule has 2 aliphatic heterocycles. The third kappa shape index (κ3) is 4.67. The topological polar surface area (TPSA) is 129 Å². The molecule has 2 aromatic carbocycles. The maximum absolute atomic E-state index is 11.7. The van der Waals surface area contributed by atoms with Gasteiger partial charge in [-0.3, -0.25) is 14.9 Å². The molecule has 2 aromatic rings. The van der Waals surface area contributed by atoms with Crippen LogP contribution in [-0.4, -0.2) is 53.2 Å². The van der Waals surface area contributed by atoms with Crippen molar-refractivity contribution >= 4 is 11.6 Å². The first-order chi connectivity index (χ1) is 14.9. The number of hydrogen-bond acceptors (Lipinski definition) is 8. The quantitative estimate of drug-likeness (QED) is 0.541. The van der Waals surface area contributed by atoms with E-state index < -0.39 is 41.9 Å². The van der Waals surface area contributed by atoms with Gasteiger partial charge >= 0.3 is 0 Å². The Balaban J connectivity index is 1.52. The summed E-state index contributed by atoms with van der Waals surface area (Å²) in [5.41, 5.74) is 0.713. The molecule has 164 valence electrons. The number of nitrogens with one attached hydrogen (secondary N) is 1. The van der Waals surface area contributed by atoms with E-state index in [2.05, 4.69) is 5.32 Å². The number of carbonyl (C=O) groups excluding carboxylic acids is 1. The van der Waals surface area contributed by atoms with Crippen molar-refractivity contribution in [3.05, 3.63) is 70.3 Å². The molecule has 31 heavy (non-hydrogen) atoms. The Kier molecular flexibility index (Phi) is 6.14. The maximum atomic E-state index is 11.7. The SMILES string of the molecule is CC(=O)NC1C(Oc2ccc([N+](=O)[O-])cc2)OC2COC(c3ccccc3)OC2C1O. The molecule has 0 saturated carbocycles. The van der Waals surface area contributed by atoms with E-state index in [4.69, 9.17) is 18.9 Å². The van der Waals surface area contributed by atoms with Crippen molar-refractivity contribution in [3.63, 3.8) is 0 Å². The van der Waals surface area contributed by atoms with Gasteiger partial charge in [0.2, 0.25) is 12.2 Å². The van der Waals surface area contributed by atoms with Crippen molar-refractivity contribution in [2.24, 2.45) is 0 Å². The fraction of sp³-hybridized carbons (Fsp3) is 0.381. The number of non-ortho nitro benzene ring substituents is 1. The number of nitrogens with zero attached hydrogens (tertiary/aromatic N) is 1. The summed E-state index contributed by atoms with van der Waals surface area (Å²) in [6.07, 6.45) is -4.26. The number of amides is 1. The van der Waals surface area contributed by atoms with Crippen molar-refractivity contribution < 1.29 is 33.8 Å².